The Hall–Kier alpha value is -0.900. The Morgan fingerprint density at radius 1 is 1.15 bits per heavy atom. The van der Waals surface area contributed by atoms with E-state index in [2.05, 4.69) is 49.9 Å². The second-order valence-corrected chi connectivity index (χ2v) is 6.00. The minimum absolute atomic E-state index is 0.435. The van der Waals surface area contributed by atoms with E-state index in [0.29, 0.717) is 18.4 Å². The van der Waals surface area contributed by atoms with E-state index in [0.717, 1.165) is 26.2 Å². The molecule has 1 atom stereocenters. The Morgan fingerprint density at radius 2 is 1.80 bits per heavy atom. The molecule has 3 heteroatoms. The van der Waals surface area contributed by atoms with Gasteiger partial charge in [-0.3, -0.25) is 4.90 Å². The van der Waals surface area contributed by atoms with Gasteiger partial charge in [-0.25, -0.2) is 0 Å². The standard InChI is InChI=1S/C17H30N2O/c1-14(2)12-19(9-10-20-4)13-16-5-7-17(8-6-16)15(3)11-18/h5-8,14-15H,9-13,18H2,1-4H3. The lowest BCUT2D eigenvalue weighted by Gasteiger charge is -2.24. The largest absolute Gasteiger partial charge is 0.383 e. The molecule has 0 aromatic heterocycles. The maximum Gasteiger partial charge on any atom is 0.0589 e. The quantitative estimate of drug-likeness (QED) is 0.755. The molecule has 0 aliphatic rings. The molecule has 0 aliphatic heterocycles. The summed E-state index contributed by atoms with van der Waals surface area (Å²) >= 11 is 0. The van der Waals surface area contributed by atoms with Gasteiger partial charge in [0.25, 0.3) is 0 Å². The average molecular weight is 278 g/mol. The van der Waals surface area contributed by atoms with E-state index >= 15 is 0 Å². The molecule has 1 unspecified atom stereocenters. The van der Waals surface area contributed by atoms with Crippen molar-refractivity contribution in [2.75, 3.05) is 33.4 Å². The molecule has 20 heavy (non-hydrogen) atoms. The highest BCUT2D eigenvalue weighted by Gasteiger charge is 2.09. The molecule has 3 nitrogen and oxygen atoms in total. The van der Waals surface area contributed by atoms with Crippen molar-refractivity contribution in [3.63, 3.8) is 0 Å². The molecule has 1 aromatic carbocycles. The summed E-state index contributed by atoms with van der Waals surface area (Å²) in [6.07, 6.45) is 0. The van der Waals surface area contributed by atoms with Crippen LogP contribution in [0.25, 0.3) is 0 Å². The van der Waals surface area contributed by atoms with Crippen molar-refractivity contribution in [1.82, 2.24) is 4.90 Å². The van der Waals surface area contributed by atoms with Gasteiger partial charge >= 0.3 is 0 Å². The van der Waals surface area contributed by atoms with Gasteiger partial charge in [-0.15, -0.1) is 0 Å². The fraction of sp³-hybridized carbons (Fsp3) is 0.647. The van der Waals surface area contributed by atoms with E-state index in [1.54, 1.807) is 7.11 Å². The lowest BCUT2D eigenvalue weighted by Crippen LogP contribution is -2.30. The van der Waals surface area contributed by atoms with Gasteiger partial charge in [0.2, 0.25) is 0 Å². The van der Waals surface area contributed by atoms with Crippen molar-refractivity contribution < 1.29 is 4.74 Å². The summed E-state index contributed by atoms with van der Waals surface area (Å²) in [4.78, 5) is 2.45. The maximum absolute atomic E-state index is 5.71. The van der Waals surface area contributed by atoms with Gasteiger partial charge in [0.05, 0.1) is 6.61 Å². The summed E-state index contributed by atoms with van der Waals surface area (Å²) in [5.41, 5.74) is 8.39. The summed E-state index contributed by atoms with van der Waals surface area (Å²) in [5.74, 6) is 1.10. The number of hydrogen-bond acceptors (Lipinski definition) is 3. The molecule has 0 amide bonds. The van der Waals surface area contributed by atoms with E-state index in [-0.39, 0.29) is 0 Å². The highest BCUT2D eigenvalue weighted by Crippen LogP contribution is 2.15. The van der Waals surface area contributed by atoms with Crippen molar-refractivity contribution in [3.8, 4) is 0 Å². The van der Waals surface area contributed by atoms with E-state index in [9.17, 15) is 0 Å². The molecule has 0 aliphatic carbocycles. The molecule has 0 saturated carbocycles. The lowest BCUT2D eigenvalue weighted by molar-refractivity contribution is 0.136. The highest BCUT2D eigenvalue weighted by atomic mass is 16.5. The third-order valence-electron chi connectivity index (χ3n) is 3.54. The fourth-order valence-electron chi connectivity index (χ4n) is 2.32. The second-order valence-electron chi connectivity index (χ2n) is 6.00. The molecule has 1 rings (SSSR count). The molecular weight excluding hydrogens is 248 g/mol. The molecule has 0 radical (unpaired) electrons. The SMILES string of the molecule is COCCN(Cc1ccc(C(C)CN)cc1)CC(C)C. The van der Waals surface area contributed by atoms with Crippen LogP contribution < -0.4 is 5.73 Å². The van der Waals surface area contributed by atoms with Gasteiger partial charge in [-0.1, -0.05) is 45.0 Å². The zero-order valence-corrected chi connectivity index (χ0v) is 13.4. The molecular formula is C17H30N2O. The Morgan fingerprint density at radius 3 is 2.30 bits per heavy atom. The number of ether oxygens (including phenoxy) is 1. The Labute approximate surface area is 124 Å². The third kappa shape index (κ3) is 6.04. The average Bonchev–Trinajstić information content (AvgIpc) is 2.44. The first-order chi connectivity index (χ1) is 9.56. The van der Waals surface area contributed by atoms with Crippen LogP contribution in [0.2, 0.25) is 0 Å². The van der Waals surface area contributed by atoms with Crippen LogP contribution in [0.3, 0.4) is 0 Å². The van der Waals surface area contributed by atoms with Crippen molar-refractivity contribution in [3.05, 3.63) is 35.4 Å². The minimum Gasteiger partial charge on any atom is -0.383 e. The maximum atomic E-state index is 5.71. The Kier molecular flexibility index (Phi) is 7.82. The predicted octanol–water partition coefficient (Wildman–Crippen LogP) is 2.85. The molecule has 0 spiro atoms. The Bertz CT molecular complexity index is 362. The molecule has 114 valence electrons. The van der Waals surface area contributed by atoms with Crippen LogP contribution in [0.4, 0.5) is 0 Å². The molecule has 0 bridgehead atoms. The van der Waals surface area contributed by atoms with Crippen LogP contribution in [-0.4, -0.2) is 38.3 Å². The van der Waals surface area contributed by atoms with Gasteiger partial charge in [0.15, 0.2) is 0 Å². The zero-order valence-electron chi connectivity index (χ0n) is 13.4. The first kappa shape index (κ1) is 17.2. The van der Waals surface area contributed by atoms with E-state index < -0.39 is 0 Å². The smallest absolute Gasteiger partial charge is 0.0589 e. The highest BCUT2D eigenvalue weighted by molar-refractivity contribution is 5.25. The van der Waals surface area contributed by atoms with Gasteiger partial charge in [-0.05, 0) is 29.5 Å². The summed E-state index contributed by atoms with van der Waals surface area (Å²) in [6.45, 7) is 11.2. The summed E-state index contributed by atoms with van der Waals surface area (Å²) in [5, 5.41) is 0. The molecule has 0 saturated heterocycles. The second kappa shape index (κ2) is 9.11. The lowest BCUT2D eigenvalue weighted by atomic mass is 10.00. The number of nitrogens with two attached hydrogens (primary N) is 1. The number of rotatable bonds is 9. The van der Waals surface area contributed by atoms with Crippen LogP contribution in [0, 0.1) is 5.92 Å². The molecule has 1 aromatic rings. The Balaban J connectivity index is 2.62. The topological polar surface area (TPSA) is 38.5 Å². The van der Waals surface area contributed by atoms with Crippen LogP contribution in [0.15, 0.2) is 24.3 Å². The third-order valence-corrected chi connectivity index (χ3v) is 3.54. The number of hydrogen-bond donors (Lipinski definition) is 1. The number of benzene rings is 1. The number of nitrogens with zero attached hydrogens (tertiary/aromatic N) is 1. The van der Waals surface area contributed by atoms with E-state index in [1.807, 2.05) is 0 Å². The fourth-order valence-corrected chi connectivity index (χ4v) is 2.32. The monoisotopic (exact) mass is 278 g/mol. The van der Waals surface area contributed by atoms with Crippen molar-refractivity contribution in [2.45, 2.75) is 33.2 Å². The van der Waals surface area contributed by atoms with Crippen molar-refractivity contribution in [1.29, 1.82) is 0 Å². The molecule has 2 N–H and O–H groups in total. The molecule has 0 heterocycles. The number of methoxy groups -OCH3 is 1. The predicted molar refractivity (Wildman–Crippen MR) is 85.9 cm³/mol. The van der Waals surface area contributed by atoms with Crippen LogP contribution in [0.5, 0.6) is 0 Å². The minimum atomic E-state index is 0.435. The van der Waals surface area contributed by atoms with Gasteiger partial charge in [-0.2, -0.15) is 0 Å². The van der Waals surface area contributed by atoms with Crippen LogP contribution in [-0.2, 0) is 11.3 Å². The van der Waals surface area contributed by atoms with E-state index in [4.69, 9.17) is 10.5 Å². The van der Waals surface area contributed by atoms with Crippen LogP contribution in [0.1, 0.15) is 37.8 Å². The van der Waals surface area contributed by atoms with Gasteiger partial charge in [0, 0.05) is 26.7 Å². The molecule has 0 fully saturated rings. The van der Waals surface area contributed by atoms with Gasteiger partial charge in [0.1, 0.15) is 0 Å². The first-order valence-corrected chi connectivity index (χ1v) is 7.57. The van der Waals surface area contributed by atoms with Crippen molar-refractivity contribution >= 4 is 0 Å². The van der Waals surface area contributed by atoms with Crippen molar-refractivity contribution in [2.24, 2.45) is 11.7 Å². The normalized spacial score (nSPS) is 13.2. The first-order valence-electron chi connectivity index (χ1n) is 7.57. The summed E-state index contributed by atoms with van der Waals surface area (Å²) < 4.78 is 5.20. The zero-order chi connectivity index (χ0) is 15.0. The van der Waals surface area contributed by atoms with Gasteiger partial charge < -0.3 is 10.5 Å². The van der Waals surface area contributed by atoms with E-state index in [1.165, 1.54) is 11.1 Å². The summed E-state index contributed by atoms with van der Waals surface area (Å²) in [6, 6.07) is 8.86. The summed E-state index contributed by atoms with van der Waals surface area (Å²) in [7, 11) is 1.76. The van der Waals surface area contributed by atoms with Crippen LogP contribution >= 0.6 is 0 Å².